The molecule has 0 unspecified atom stereocenters. The average Bonchev–Trinajstić information content (AvgIpc) is 2.94. The molecule has 0 fully saturated rings. The van der Waals surface area contributed by atoms with Gasteiger partial charge >= 0.3 is 5.63 Å². The van der Waals surface area contributed by atoms with Crippen LogP contribution in [0.4, 0.5) is 0 Å². The molecule has 118 valence electrons. The Hall–Kier alpha value is -2.06. The number of pyridine rings is 1. The second kappa shape index (κ2) is 6.45. The third-order valence-corrected chi connectivity index (χ3v) is 5.29. The maximum absolute atomic E-state index is 11.5. The number of rotatable bonds is 3. The van der Waals surface area contributed by atoms with Crippen molar-refractivity contribution in [3.05, 3.63) is 81.0 Å². The Morgan fingerprint density at radius 1 is 1.08 bits per heavy atom. The highest BCUT2D eigenvalue weighted by Gasteiger charge is 2.15. The Morgan fingerprint density at radius 2 is 1.92 bits per heavy atom. The predicted molar refractivity (Wildman–Crippen MR) is 102 cm³/mol. The standard InChI is InChI=1S/C18H11IN2O2S/c19-13-6-4-12(5-7-13)17-18(21-9-2-1-3-15(21)20-17)24-14-8-10-23-16(22)11-14/h1-11H. The molecule has 0 spiro atoms. The second-order valence-corrected chi connectivity index (χ2v) is 7.40. The van der Waals surface area contributed by atoms with Crippen molar-refractivity contribution >= 4 is 40.0 Å². The molecule has 0 radical (unpaired) electrons. The first-order valence-corrected chi connectivity index (χ1v) is 9.10. The van der Waals surface area contributed by atoms with Crippen LogP contribution in [0.2, 0.25) is 0 Å². The van der Waals surface area contributed by atoms with Crippen LogP contribution in [0.3, 0.4) is 0 Å². The summed E-state index contributed by atoms with van der Waals surface area (Å²) in [4.78, 5) is 17.1. The van der Waals surface area contributed by atoms with E-state index in [0.29, 0.717) is 0 Å². The van der Waals surface area contributed by atoms with Crippen LogP contribution in [0, 0.1) is 3.57 Å². The number of nitrogens with zero attached hydrogens (tertiary/aromatic N) is 2. The minimum Gasteiger partial charge on any atom is -0.431 e. The second-order valence-electron chi connectivity index (χ2n) is 5.09. The van der Waals surface area contributed by atoms with E-state index in [4.69, 9.17) is 9.40 Å². The zero-order chi connectivity index (χ0) is 16.5. The molecule has 6 heteroatoms. The summed E-state index contributed by atoms with van der Waals surface area (Å²) in [6, 6.07) is 17.4. The van der Waals surface area contributed by atoms with Gasteiger partial charge in [0.1, 0.15) is 16.4 Å². The van der Waals surface area contributed by atoms with Crippen LogP contribution in [0.25, 0.3) is 16.9 Å². The smallest absolute Gasteiger partial charge is 0.336 e. The summed E-state index contributed by atoms with van der Waals surface area (Å²) in [7, 11) is 0. The maximum atomic E-state index is 11.5. The van der Waals surface area contributed by atoms with Crippen LogP contribution in [0.5, 0.6) is 0 Å². The van der Waals surface area contributed by atoms with Gasteiger partial charge < -0.3 is 4.42 Å². The normalized spacial score (nSPS) is 11.0. The van der Waals surface area contributed by atoms with Crippen LogP contribution in [-0.2, 0) is 0 Å². The SMILES string of the molecule is O=c1cc(Sc2c(-c3ccc(I)cc3)nc3ccccn23)cco1. The fourth-order valence-corrected chi connectivity index (χ4v) is 3.78. The average molecular weight is 446 g/mol. The molecule has 3 aromatic heterocycles. The van der Waals surface area contributed by atoms with Gasteiger partial charge in [0.15, 0.2) is 0 Å². The lowest BCUT2D eigenvalue weighted by atomic mass is 10.2. The topological polar surface area (TPSA) is 47.5 Å². The van der Waals surface area contributed by atoms with Crippen LogP contribution in [0.15, 0.2) is 86.2 Å². The molecule has 3 heterocycles. The lowest BCUT2D eigenvalue weighted by molar-refractivity contribution is 0.506. The third-order valence-electron chi connectivity index (χ3n) is 3.49. The highest BCUT2D eigenvalue weighted by molar-refractivity contribution is 14.1. The summed E-state index contributed by atoms with van der Waals surface area (Å²) < 4.78 is 8.02. The van der Waals surface area contributed by atoms with Gasteiger partial charge in [-0.2, -0.15) is 0 Å². The molecule has 0 bridgehead atoms. The summed E-state index contributed by atoms with van der Waals surface area (Å²) >= 11 is 3.79. The zero-order valence-corrected chi connectivity index (χ0v) is 15.3. The van der Waals surface area contributed by atoms with E-state index in [0.717, 1.165) is 26.8 Å². The first-order chi connectivity index (χ1) is 11.7. The van der Waals surface area contributed by atoms with Gasteiger partial charge in [-0.1, -0.05) is 30.0 Å². The number of aromatic nitrogens is 2. The molecule has 0 aliphatic rings. The number of benzene rings is 1. The highest BCUT2D eigenvalue weighted by Crippen LogP contribution is 2.36. The Bertz CT molecular complexity index is 1070. The Balaban J connectivity index is 1.90. The van der Waals surface area contributed by atoms with E-state index in [2.05, 4.69) is 46.9 Å². The largest absolute Gasteiger partial charge is 0.431 e. The molecule has 0 saturated carbocycles. The third kappa shape index (κ3) is 2.99. The monoisotopic (exact) mass is 446 g/mol. The van der Waals surface area contributed by atoms with Crippen LogP contribution in [0.1, 0.15) is 0 Å². The summed E-state index contributed by atoms with van der Waals surface area (Å²) in [5, 5.41) is 0.970. The lowest BCUT2D eigenvalue weighted by Crippen LogP contribution is -1.95. The summed E-state index contributed by atoms with van der Waals surface area (Å²) in [5.74, 6) is 0. The minimum atomic E-state index is -0.357. The van der Waals surface area contributed by atoms with Crippen molar-refractivity contribution in [2.75, 3.05) is 0 Å². The number of halogens is 1. The van der Waals surface area contributed by atoms with Crippen LogP contribution in [-0.4, -0.2) is 9.38 Å². The Kier molecular flexibility index (Phi) is 4.15. The fraction of sp³-hybridized carbons (Fsp3) is 0. The molecule has 0 aliphatic heterocycles. The number of hydrogen-bond donors (Lipinski definition) is 0. The zero-order valence-electron chi connectivity index (χ0n) is 12.3. The van der Waals surface area contributed by atoms with Crippen LogP contribution >= 0.6 is 34.4 Å². The van der Waals surface area contributed by atoms with Gasteiger partial charge in [-0.05, 0) is 52.9 Å². The van der Waals surface area contributed by atoms with E-state index in [-0.39, 0.29) is 5.63 Å². The molecule has 24 heavy (non-hydrogen) atoms. The van der Waals surface area contributed by atoms with Gasteiger partial charge in [-0.25, -0.2) is 9.78 Å². The van der Waals surface area contributed by atoms with Gasteiger partial charge in [0.05, 0.1) is 6.26 Å². The van der Waals surface area contributed by atoms with E-state index in [1.807, 2.05) is 28.8 Å². The van der Waals surface area contributed by atoms with Gasteiger partial charge in [-0.3, -0.25) is 4.40 Å². The van der Waals surface area contributed by atoms with Crippen LogP contribution < -0.4 is 5.63 Å². The number of fused-ring (bicyclic) bond motifs is 1. The van der Waals surface area contributed by atoms with Gasteiger partial charge in [0.2, 0.25) is 0 Å². The predicted octanol–water partition coefficient (Wildman–Crippen LogP) is 4.71. The highest BCUT2D eigenvalue weighted by atomic mass is 127. The van der Waals surface area contributed by atoms with E-state index in [1.165, 1.54) is 27.7 Å². The van der Waals surface area contributed by atoms with Gasteiger partial charge in [0.25, 0.3) is 0 Å². The first-order valence-electron chi connectivity index (χ1n) is 7.20. The minimum absolute atomic E-state index is 0.357. The van der Waals surface area contributed by atoms with Crippen molar-refractivity contribution in [2.24, 2.45) is 0 Å². The van der Waals surface area contributed by atoms with E-state index >= 15 is 0 Å². The van der Waals surface area contributed by atoms with E-state index < -0.39 is 0 Å². The Labute approximate surface area is 155 Å². The lowest BCUT2D eigenvalue weighted by Gasteiger charge is -2.05. The molecular weight excluding hydrogens is 435 g/mol. The molecule has 0 saturated heterocycles. The van der Waals surface area contributed by atoms with E-state index in [9.17, 15) is 4.79 Å². The molecule has 1 aromatic carbocycles. The molecule has 4 nitrogen and oxygen atoms in total. The summed E-state index contributed by atoms with van der Waals surface area (Å²) in [6.45, 7) is 0. The van der Waals surface area contributed by atoms with Crippen molar-refractivity contribution in [1.29, 1.82) is 0 Å². The molecule has 4 aromatic rings. The van der Waals surface area contributed by atoms with E-state index in [1.54, 1.807) is 6.07 Å². The number of hydrogen-bond acceptors (Lipinski definition) is 4. The van der Waals surface area contributed by atoms with Gasteiger partial charge in [-0.15, -0.1) is 0 Å². The van der Waals surface area contributed by atoms with Crippen molar-refractivity contribution in [3.8, 4) is 11.3 Å². The fourth-order valence-electron chi connectivity index (χ4n) is 2.41. The van der Waals surface area contributed by atoms with Crippen molar-refractivity contribution in [1.82, 2.24) is 9.38 Å². The molecule has 0 amide bonds. The molecule has 0 atom stereocenters. The number of imidazole rings is 1. The first kappa shape index (κ1) is 15.5. The quantitative estimate of drug-likeness (QED) is 0.428. The maximum Gasteiger partial charge on any atom is 0.336 e. The Morgan fingerprint density at radius 3 is 2.71 bits per heavy atom. The van der Waals surface area contributed by atoms with Crippen molar-refractivity contribution < 1.29 is 4.42 Å². The van der Waals surface area contributed by atoms with Crippen molar-refractivity contribution in [3.63, 3.8) is 0 Å². The van der Waals surface area contributed by atoms with Gasteiger partial charge in [0, 0.05) is 26.3 Å². The molecular formula is C18H11IN2O2S. The molecule has 4 rings (SSSR count). The molecule has 0 N–H and O–H groups in total. The summed E-state index contributed by atoms with van der Waals surface area (Å²) in [5.41, 5.74) is 2.46. The summed E-state index contributed by atoms with van der Waals surface area (Å²) in [6.07, 6.45) is 3.39. The van der Waals surface area contributed by atoms with Crippen molar-refractivity contribution in [2.45, 2.75) is 9.92 Å². The molecule has 0 aliphatic carbocycles.